The van der Waals surface area contributed by atoms with Gasteiger partial charge in [-0.15, -0.1) is 0 Å². The van der Waals surface area contributed by atoms with E-state index in [1.54, 1.807) is 12.1 Å². The topological polar surface area (TPSA) is 80.3 Å². The largest absolute Gasteiger partial charge is 0.453 e. The van der Waals surface area contributed by atoms with Crippen LogP contribution in [0.4, 0.5) is 0 Å². The lowest BCUT2D eigenvalue weighted by atomic mass is 10.1. The van der Waals surface area contributed by atoms with Crippen LogP contribution in [0.3, 0.4) is 0 Å². The van der Waals surface area contributed by atoms with Gasteiger partial charge >= 0.3 is 11.9 Å². The minimum absolute atomic E-state index is 0.186. The molecule has 3 rings (SSSR count). The van der Waals surface area contributed by atoms with Crippen molar-refractivity contribution in [2.75, 3.05) is 13.2 Å². The SMILES string of the molecule is C=CC(=C)C(=O)OC1COC2C(OCc3ccccc3OC(C)=O)COC12. The molecule has 4 atom stereocenters. The Labute approximate surface area is 157 Å². The summed E-state index contributed by atoms with van der Waals surface area (Å²) in [5, 5.41) is 0. The molecule has 0 radical (unpaired) electrons. The number of para-hydroxylation sites is 1. The number of ether oxygens (including phenoxy) is 5. The first kappa shape index (κ1) is 19.3. The van der Waals surface area contributed by atoms with Crippen LogP contribution in [0.25, 0.3) is 0 Å². The molecule has 1 aromatic carbocycles. The molecule has 2 heterocycles. The van der Waals surface area contributed by atoms with E-state index in [1.807, 2.05) is 12.1 Å². The smallest absolute Gasteiger partial charge is 0.337 e. The summed E-state index contributed by atoms with van der Waals surface area (Å²) in [5.74, 6) is -0.471. The van der Waals surface area contributed by atoms with E-state index in [0.717, 1.165) is 5.56 Å². The van der Waals surface area contributed by atoms with Crippen LogP contribution in [0.2, 0.25) is 0 Å². The highest BCUT2D eigenvalue weighted by molar-refractivity contribution is 5.90. The monoisotopic (exact) mass is 374 g/mol. The number of benzene rings is 1. The quantitative estimate of drug-likeness (QED) is 0.312. The summed E-state index contributed by atoms with van der Waals surface area (Å²) in [6.45, 7) is 9.21. The number of hydrogen-bond acceptors (Lipinski definition) is 7. The number of carbonyl (C=O) groups is 2. The molecule has 0 bridgehead atoms. The van der Waals surface area contributed by atoms with Crippen molar-refractivity contribution in [2.45, 2.75) is 37.9 Å². The fourth-order valence-electron chi connectivity index (χ4n) is 3.04. The van der Waals surface area contributed by atoms with E-state index < -0.39 is 18.0 Å². The predicted molar refractivity (Wildman–Crippen MR) is 95.0 cm³/mol. The molecular formula is C20H22O7. The van der Waals surface area contributed by atoms with Gasteiger partial charge in [0.05, 0.1) is 25.4 Å². The van der Waals surface area contributed by atoms with Gasteiger partial charge in [0.1, 0.15) is 24.1 Å². The minimum Gasteiger partial charge on any atom is -0.453 e. The first-order valence-corrected chi connectivity index (χ1v) is 8.63. The molecular weight excluding hydrogens is 352 g/mol. The summed E-state index contributed by atoms with van der Waals surface area (Å²) in [6.07, 6.45) is -0.203. The number of fused-ring (bicyclic) bond motifs is 1. The third-order valence-corrected chi connectivity index (χ3v) is 4.41. The molecule has 0 N–H and O–H groups in total. The third kappa shape index (κ3) is 4.44. The fraction of sp³-hybridized carbons (Fsp3) is 0.400. The first-order chi connectivity index (χ1) is 13.0. The summed E-state index contributed by atoms with van der Waals surface area (Å²) in [5.41, 5.74) is 0.936. The lowest BCUT2D eigenvalue weighted by molar-refractivity contribution is -0.148. The van der Waals surface area contributed by atoms with Crippen molar-refractivity contribution in [1.29, 1.82) is 0 Å². The number of rotatable bonds is 7. The summed E-state index contributed by atoms with van der Waals surface area (Å²) >= 11 is 0. The Morgan fingerprint density at radius 1 is 1.19 bits per heavy atom. The zero-order valence-corrected chi connectivity index (χ0v) is 15.1. The predicted octanol–water partition coefficient (Wildman–Crippen LogP) is 1.95. The molecule has 0 spiro atoms. The zero-order valence-electron chi connectivity index (χ0n) is 15.1. The van der Waals surface area contributed by atoms with Gasteiger partial charge in [0.25, 0.3) is 0 Å². The van der Waals surface area contributed by atoms with Crippen molar-refractivity contribution >= 4 is 11.9 Å². The van der Waals surface area contributed by atoms with Crippen LogP contribution in [0, 0.1) is 0 Å². The molecule has 1 aromatic rings. The van der Waals surface area contributed by atoms with Crippen molar-refractivity contribution in [1.82, 2.24) is 0 Å². The summed E-state index contributed by atoms with van der Waals surface area (Å²) in [4.78, 5) is 23.1. The highest BCUT2D eigenvalue weighted by atomic mass is 16.7. The second-order valence-corrected chi connectivity index (χ2v) is 6.32. The molecule has 7 heteroatoms. The van der Waals surface area contributed by atoms with Crippen molar-refractivity contribution < 1.29 is 33.3 Å². The molecule has 0 aliphatic carbocycles. The van der Waals surface area contributed by atoms with Gasteiger partial charge in [-0.2, -0.15) is 0 Å². The summed E-state index contributed by atoms with van der Waals surface area (Å²) < 4.78 is 28.0. The Hall–Kier alpha value is -2.48. The molecule has 144 valence electrons. The van der Waals surface area contributed by atoms with Gasteiger partial charge in [-0.3, -0.25) is 4.79 Å². The Morgan fingerprint density at radius 3 is 2.56 bits per heavy atom. The van der Waals surface area contributed by atoms with Gasteiger partial charge < -0.3 is 23.7 Å². The van der Waals surface area contributed by atoms with Crippen LogP contribution in [0.5, 0.6) is 5.75 Å². The second-order valence-electron chi connectivity index (χ2n) is 6.32. The van der Waals surface area contributed by atoms with Gasteiger partial charge in [0.2, 0.25) is 0 Å². The molecule has 0 saturated carbocycles. The Kier molecular flexibility index (Phi) is 6.05. The standard InChI is InChI=1S/C20H22O7/c1-4-12(2)20(22)27-17-11-25-18-16(10-24-19(17)18)23-9-14-7-5-6-8-15(14)26-13(3)21/h4-8,16-19H,1-2,9-11H2,3H3. The molecule has 0 amide bonds. The summed E-state index contributed by atoms with van der Waals surface area (Å²) in [6, 6.07) is 7.16. The van der Waals surface area contributed by atoms with Crippen LogP contribution in [-0.4, -0.2) is 49.6 Å². The Balaban J connectivity index is 1.57. The third-order valence-electron chi connectivity index (χ3n) is 4.41. The van der Waals surface area contributed by atoms with Gasteiger partial charge in [-0.05, 0) is 6.07 Å². The van der Waals surface area contributed by atoms with E-state index in [1.165, 1.54) is 13.0 Å². The molecule has 2 aliphatic heterocycles. The van der Waals surface area contributed by atoms with Crippen molar-refractivity contribution in [3.63, 3.8) is 0 Å². The van der Waals surface area contributed by atoms with E-state index in [4.69, 9.17) is 23.7 Å². The highest BCUT2D eigenvalue weighted by Crippen LogP contribution is 2.32. The average Bonchev–Trinajstić information content (AvgIpc) is 3.23. The zero-order chi connectivity index (χ0) is 19.4. The van der Waals surface area contributed by atoms with Gasteiger partial charge in [-0.1, -0.05) is 37.4 Å². The van der Waals surface area contributed by atoms with Gasteiger partial charge in [0.15, 0.2) is 6.10 Å². The number of carbonyl (C=O) groups excluding carboxylic acids is 2. The van der Waals surface area contributed by atoms with Crippen LogP contribution in [0.1, 0.15) is 12.5 Å². The minimum atomic E-state index is -0.539. The number of hydrogen-bond donors (Lipinski definition) is 0. The summed E-state index contributed by atoms with van der Waals surface area (Å²) in [7, 11) is 0. The molecule has 7 nitrogen and oxygen atoms in total. The maximum Gasteiger partial charge on any atom is 0.337 e. The van der Waals surface area contributed by atoms with Crippen LogP contribution in [0.15, 0.2) is 49.1 Å². The molecule has 0 aromatic heterocycles. The first-order valence-electron chi connectivity index (χ1n) is 8.63. The number of esters is 2. The van der Waals surface area contributed by atoms with E-state index in [-0.39, 0.29) is 37.1 Å². The Morgan fingerprint density at radius 2 is 1.85 bits per heavy atom. The van der Waals surface area contributed by atoms with Crippen molar-refractivity contribution in [3.05, 3.63) is 54.6 Å². The fourth-order valence-corrected chi connectivity index (χ4v) is 3.04. The van der Waals surface area contributed by atoms with E-state index in [0.29, 0.717) is 12.4 Å². The normalized spacial score (nSPS) is 26.3. The second kappa shape index (κ2) is 8.47. The average molecular weight is 374 g/mol. The van der Waals surface area contributed by atoms with Crippen LogP contribution in [-0.2, 0) is 35.1 Å². The van der Waals surface area contributed by atoms with E-state index >= 15 is 0 Å². The molecule has 27 heavy (non-hydrogen) atoms. The Bertz CT molecular complexity index is 742. The van der Waals surface area contributed by atoms with Crippen LogP contribution >= 0.6 is 0 Å². The van der Waals surface area contributed by atoms with Crippen molar-refractivity contribution in [2.24, 2.45) is 0 Å². The maximum absolute atomic E-state index is 11.9. The maximum atomic E-state index is 11.9. The lowest BCUT2D eigenvalue weighted by Gasteiger charge is -2.18. The van der Waals surface area contributed by atoms with Gasteiger partial charge in [0, 0.05) is 12.5 Å². The molecule has 2 aliphatic rings. The molecule has 2 saturated heterocycles. The van der Waals surface area contributed by atoms with Crippen LogP contribution < -0.4 is 4.74 Å². The van der Waals surface area contributed by atoms with E-state index in [2.05, 4.69) is 13.2 Å². The highest BCUT2D eigenvalue weighted by Gasteiger charge is 2.50. The van der Waals surface area contributed by atoms with E-state index in [9.17, 15) is 9.59 Å². The lowest BCUT2D eigenvalue weighted by Crippen LogP contribution is -2.35. The molecule has 4 unspecified atom stereocenters. The molecule has 2 fully saturated rings. The van der Waals surface area contributed by atoms with Gasteiger partial charge in [-0.25, -0.2) is 4.79 Å². The van der Waals surface area contributed by atoms with Crippen molar-refractivity contribution in [3.8, 4) is 5.75 Å².